The molecular formula is C42H87N2O6P. The first-order chi connectivity index (χ1) is 24.5. The molecule has 0 aliphatic rings. The largest absolute Gasteiger partial charge is 0.756 e. The molecule has 0 spiro atoms. The molecule has 8 nitrogen and oxygen atoms in total. The first-order valence-electron chi connectivity index (χ1n) is 21.9. The number of quaternary nitrogens is 1. The second-order valence-electron chi connectivity index (χ2n) is 16.4. The Bertz CT molecular complexity index is 809. The van der Waals surface area contributed by atoms with E-state index in [1.165, 1.54) is 148 Å². The summed E-state index contributed by atoms with van der Waals surface area (Å²) in [6, 6.07) is -0.791. The lowest BCUT2D eigenvalue weighted by molar-refractivity contribution is -0.870. The van der Waals surface area contributed by atoms with Crippen LogP contribution in [0.3, 0.4) is 0 Å². The molecule has 0 aromatic carbocycles. The Morgan fingerprint density at radius 3 is 1.33 bits per heavy atom. The summed E-state index contributed by atoms with van der Waals surface area (Å²) >= 11 is 0. The van der Waals surface area contributed by atoms with E-state index in [9.17, 15) is 19.4 Å². The highest BCUT2D eigenvalue weighted by Crippen LogP contribution is 2.38. The van der Waals surface area contributed by atoms with Gasteiger partial charge >= 0.3 is 0 Å². The van der Waals surface area contributed by atoms with Crippen molar-refractivity contribution in [2.75, 3.05) is 40.9 Å². The van der Waals surface area contributed by atoms with Crippen LogP contribution in [0.4, 0.5) is 0 Å². The Hall–Kier alpha value is -0.500. The molecule has 0 radical (unpaired) electrons. The zero-order chi connectivity index (χ0) is 37.9. The molecule has 0 aliphatic carbocycles. The van der Waals surface area contributed by atoms with E-state index in [1.54, 1.807) is 0 Å². The van der Waals surface area contributed by atoms with Crippen molar-refractivity contribution < 1.29 is 32.9 Å². The average molecular weight is 747 g/mol. The fourth-order valence-electron chi connectivity index (χ4n) is 6.57. The molecule has 0 heterocycles. The number of hydrogen-bond acceptors (Lipinski definition) is 6. The number of hydrogen-bond donors (Lipinski definition) is 2. The van der Waals surface area contributed by atoms with Crippen LogP contribution in [0, 0.1) is 0 Å². The lowest BCUT2D eigenvalue weighted by Gasteiger charge is -2.30. The summed E-state index contributed by atoms with van der Waals surface area (Å²) in [5.74, 6) is -0.162. The normalized spacial score (nSPS) is 14.4. The Morgan fingerprint density at radius 1 is 0.608 bits per heavy atom. The fraction of sp³-hybridized carbons (Fsp3) is 0.976. The van der Waals surface area contributed by atoms with E-state index >= 15 is 0 Å². The molecule has 306 valence electrons. The summed E-state index contributed by atoms with van der Waals surface area (Å²) in [5.41, 5.74) is 0. The van der Waals surface area contributed by atoms with Gasteiger partial charge in [0.25, 0.3) is 7.82 Å². The summed E-state index contributed by atoms with van der Waals surface area (Å²) in [5, 5.41) is 13.9. The third-order valence-corrected chi connectivity index (χ3v) is 11.1. The summed E-state index contributed by atoms with van der Waals surface area (Å²) in [4.78, 5) is 25.3. The number of unbranched alkanes of at least 4 members (excludes halogenated alkanes) is 27. The van der Waals surface area contributed by atoms with E-state index in [-0.39, 0.29) is 19.1 Å². The molecule has 0 aliphatic heterocycles. The van der Waals surface area contributed by atoms with E-state index in [0.717, 1.165) is 38.5 Å². The van der Waals surface area contributed by atoms with Crippen LogP contribution in [-0.2, 0) is 18.4 Å². The van der Waals surface area contributed by atoms with E-state index in [0.29, 0.717) is 23.9 Å². The SMILES string of the molecule is CCCCCCCCCCCCCCCCCCCCC(=O)N[C@@H](COP(=O)([O-])OCC[N+](C)(C)C)[C@H](O)CCCCCCCCCCCCC. The van der Waals surface area contributed by atoms with E-state index in [4.69, 9.17) is 9.05 Å². The molecule has 3 atom stereocenters. The molecule has 0 aromatic heterocycles. The van der Waals surface area contributed by atoms with Crippen molar-refractivity contribution in [3.05, 3.63) is 0 Å². The number of nitrogens with zero attached hydrogens (tertiary/aromatic N) is 1. The number of phosphoric acid groups is 1. The first-order valence-corrected chi connectivity index (χ1v) is 23.3. The van der Waals surface area contributed by atoms with Gasteiger partial charge in [0.15, 0.2) is 0 Å². The maximum Gasteiger partial charge on any atom is 0.268 e. The number of amides is 1. The highest BCUT2D eigenvalue weighted by molar-refractivity contribution is 7.45. The number of aliphatic hydroxyl groups is 1. The summed E-state index contributed by atoms with van der Waals surface area (Å²) in [6.07, 6.45) is 36.7. The predicted molar refractivity (Wildman–Crippen MR) is 215 cm³/mol. The standard InChI is InChI=1S/C42H87N2O6P/c1-6-8-10-12-14-16-18-19-20-21-22-23-24-26-28-30-32-34-36-42(46)43-40(39-50-51(47,48)49-38-37-44(3,4)5)41(45)35-33-31-29-27-25-17-15-13-11-9-7-2/h40-41,45H,6-39H2,1-5H3,(H-,43,46,47,48)/t40-,41+/m0/s1. The summed E-state index contributed by atoms with van der Waals surface area (Å²) in [7, 11) is 1.31. The van der Waals surface area contributed by atoms with Gasteiger partial charge in [-0.05, 0) is 12.8 Å². The molecule has 0 rings (SSSR count). The lowest BCUT2D eigenvalue weighted by atomic mass is 10.0. The molecule has 0 fully saturated rings. The van der Waals surface area contributed by atoms with Crippen molar-refractivity contribution in [1.82, 2.24) is 5.32 Å². The Balaban J connectivity index is 4.28. The molecule has 1 amide bonds. The number of carbonyl (C=O) groups is 1. The van der Waals surface area contributed by atoms with Crippen LogP contribution in [0.5, 0.6) is 0 Å². The van der Waals surface area contributed by atoms with Gasteiger partial charge < -0.3 is 28.8 Å². The second-order valence-corrected chi connectivity index (χ2v) is 17.8. The van der Waals surface area contributed by atoms with Crippen molar-refractivity contribution in [3.8, 4) is 0 Å². The minimum absolute atomic E-state index is 0.0158. The number of carbonyl (C=O) groups excluding carboxylic acids is 1. The molecule has 0 saturated heterocycles. The van der Waals surface area contributed by atoms with E-state index in [1.807, 2.05) is 21.1 Å². The van der Waals surface area contributed by atoms with Gasteiger partial charge in [0.1, 0.15) is 13.2 Å². The maximum absolute atomic E-state index is 12.8. The Labute approximate surface area is 317 Å². The van der Waals surface area contributed by atoms with Crippen LogP contribution >= 0.6 is 7.82 Å². The first kappa shape index (κ1) is 50.5. The zero-order valence-corrected chi connectivity index (χ0v) is 35.5. The van der Waals surface area contributed by atoms with Crippen LogP contribution in [0.15, 0.2) is 0 Å². The van der Waals surface area contributed by atoms with Crippen molar-refractivity contribution >= 4 is 13.7 Å². The number of rotatable bonds is 40. The van der Waals surface area contributed by atoms with Gasteiger partial charge in [-0.15, -0.1) is 0 Å². The van der Waals surface area contributed by atoms with Gasteiger partial charge in [-0.25, -0.2) is 0 Å². The van der Waals surface area contributed by atoms with Crippen molar-refractivity contribution in [1.29, 1.82) is 0 Å². The van der Waals surface area contributed by atoms with Gasteiger partial charge in [0, 0.05) is 6.42 Å². The molecule has 0 bridgehead atoms. The third-order valence-electron chi connectivity index (χ3n) is 10.1. The molecule has 0 aromatic rings. The number of nitrogens with one attached hydrogen (secondary N) is 1. The van der Waals surface area contributed by atoms with E-state index in [2.05, 4.69) is 19.2 Å². The van der Waals surface area contributed by atoms with Gasteiger partial charge in [-0.2, -0.15) is 0 Å². The molecule has 1 unspecified atom stereocenters. The minimum Gasteiger partial charge on any atom is -0.756 e. The molecule has 51 heavy (non-hydrogen) atoms. The Morgan fingerprint density at radius 2 is 0.961 bits per heavy atom. The highest BCUT2D eigenvalue weighted by Gasteiger charge is 2.24. The van der Waals surface area contributed by atoms with Crippen LogP contribution in [0.2, 0.25) is 0 Å². The molecular weight excluding hydrogens is 659 g/mol. The number of aliphatic hydroxyl groups excluding tert-OH is 1. The van der Waals surface area contributed by atoms with Gasteiger partial charge in [-0.3, -0.25) is 9.36 Å². The lowest BCUT2D eigenvalue weighted by Crippen LogP contribution is -2.46. The number of phosphoric ester groups is 1. The van der Waals surface area contributed by atoms with Gasteiger partial charge in [0.2, 0.25) is 5.91 Å². The average Bonchev–Trinajstić information content (AvgIpc) is 3.07. The van der Waals surface area contributed by atoms with Crippen molar-refractivity contribution in [3.63, 3.8) is 0 Å². The molecule has 9 heteroatoms. The quantitative estimate of drug-likeness (QED) is 0.0367. The maximum atomic E-state index is 12.8. The van der Waals surface area contributed by atoms with E-state index < -0.39 is 20.0 Å². The Kier molecular flexibility index (Phi) is 34.9. The van der Waals surface area contributed by atoms with Gasteiger partial charge in [-0.1, -0.05) is 194 Å². The van der Waals surface area contributed by atoms with Crippen molar-refractivity contribution in [2.45, 2.75) is 225 Å². The summed E-state index contributed by atoms with van der Waals surface area (Å²) in [6.45, 7) is 4.72. The minimum atomic E-state index is -4.55. The zero-order valence-electron chi connectivity index (χ0n) is 34.6. The predicted octanol–water partition coefficient (Wildman–Crippen LogP) is 11.2. The molecule has 0 saturated carbocycles. The highest BCUT2D eigenvalue weighted by atomic mass is 31.2. The van der Waals surface area contributed by atoms with Crippen LogP contribution < -0.4 is 10.2 Å². The summed E-state index contributed by atoms with van der Waals surface area (Å²) < 4.78 is 23.2. The molecule has 2 N–H and O–H groups in total. The van der Waals surface area contributed by atoms with Crippen LogP contribution in [0.1, 0.15) is 213 Å². The number of likely N-dealkylation sites (N-methyl/N-ethyl adjacent to an activating group) is 1. The fourth-order valence-corrected chi connectivity index (χ4v) is 7.29. The van der Waals surface area contributed by atoms with Gasteiger partial charge in [0.05, 0.1) is 39.9 Å². The van der Waals surface area contributed by atoms with Crippen LogP contribution in [-0.4, -0.2) is 68.5 Å². The van der Waals surface area contributed by atoms with Crippen molar-refractivity contribution in [2.24, 2.45) is 0 Å². The smallest absolute Gasteiger partial charge is 0.268 e. The third kappa shape index (κ3) is 37.6. The topological polar surface area (TPSA) is 108 Å². The van der Waals surface area contributed by atoms with Crippen LogP contribution in [0.25, 0.3) is 0 Å². The monoisotopic (exact) mass is 747 g/mol. The second kappa shape index (κ2) is 35.2.